The van der Waals surface area contributed by atoms with Crippen LogP contribution >= 0.6 is 22.9 Å². The fraction of sp³-hybridized carbons (Fsp3) is 0.333. The van der Waals surface area contributed by atoms with E-state index >= 15 is 0 Å². The Morgan fingerprint density at radius 1 is 1.26 bits per heavy atom. The van der Waals surface area contributed by atoms with Crippen LogP contribution in [0.1, 0.15) is 43.1 Å². The lowest BCUT2D eigenvalue weighted by Crippen LogP contribution is -2.12. The SMILES string of the molecule is Cc1cc(Cl)ccc1NS(=O)(=O)c1cc(-c2noc(C3CCCC3)n2)cs1. The molecule has 1 aliphatic rings. The van der Waals surface area contributed by atoms with Gasteiger partial charge in [0.05, 0.1) is 5.69 Å². The van der Waals surface area contributed by atoms with E-state index in [1.54, 1.807) is 36.6 Å². The highest BCUT2D eigenvalue weighted by molar-refractivity contribution is 7.94. The van der Waals surface area contributed by atoms with Crippen molar-refractivity contribution in [2.45, 2.75) is 42.7 Å². The number of sulfonamides is 1. The van der Waals surface area contributed by atoms with Gasteiger partial charge in [-0.05, 0) is 49.6 Å². The first-order valence-electron chi connectivity index (χ1n) is 8.64. The Hall–Kier alpha value is -1.90. The fourth-order valence-corrected chi connectivity index (χ4v) is 5.72. The molecule has 9 heteroatoms. The molecule has 1 saturated carbocycles. The van der Waals surface area contributed by atoms with Gasteiger partial charge in [-0.25, -0.2) is 8.42 Å². The second-order valence-electron chi connectivity index (χ2n) is 6.66. The Morgan fingerprint density at radius 2 is 2.04 bits per heavy atom. The minimum absolute atomic E-state index is 0.194. The van der Waals surface area contributed by atoms with Crippen molar-refractivity contribution in [2.75, 3.05) is 4.72 Å². The molecule has 27 heavy (non-hydrogen) atoms. The van der Waals surface area contributed by atoms with E-state index in [4.69, 9.17) is 16.1 Å². The predicted octanol–water partition coefficient (Wildman–Crippen LogP) is 5.22. The summed E-state index contributed by atoms with van der Waals surface area (Å²) in [5, 5.41) is 6.31. The van der Waals surface area contributed by atoms with Crippen LogP contribution in [-0.4, -0.2) is 18.6 Å². The average molecular weight is 424 g/mol. The Kier molecular flexibility index (Phi) is 4.96. The lowest BCUT2D eigenvalue weighted by molar-refractivity contribution is 0.354. The zero-order valence-corrected chi connectivity index (χ0v) is 17.0. The van der Waals surface area contributed by atoms with E-state index in [0.717, 1.165) is 29.7 Å². The van der Waals surface area contributed by atoms with Crippen molar-refractivity contribution in [3.63, 3.8) is 0 Å². The molecule has 2 heterocycles. The molecule has 1 aliphatic carbocycles. The van der Waals surface area contributed by atoms with Gasteiger partial charge in [0, 0.05) is 21.9 Å². The van der Waals surface area contributed by atoms with Crippen LogP contribution in [-0.2, 0) is 10.0 Å². The Bertz CT molecular complexity index is 1070. The highest BCUT2D eigenvalue weighted by atomic mass is 35.5. The van der Waals surface area contributed by atoms with Crippen molar-refractivity contribution >= 4 is 38.6 Å². The van der Waals surface area contributed by atoms with E-state index in [-0.39, 0.29) is 4.21 Å². The molecule has 0 atom stereocenters. The molecule has 1 N–H and O–H groups in total. The Labute approximate surface area is 166 Å². The van der Waals surface area contributed by atoms with Crippen LogP contribution < -0.4 is 4.72 Å². The van der Waals surface area contributed by atoms with Crippen LogP contribution in [0.3, 0.4) is 0 Å². The molecule has 4 rings (SSSR count). The smallest absolute Gasteiger partial charge is 0.271 e. The van der Waals surface area contributed by atoms with E-state index in [1.165, 1.54) is 12.8 Å². The number of rotatable bonds is 5. The minimum atomic E-state index is -3.71. The Morgan fingerprint density at radius 3 is 2.78 bits per heavy atom. The first kappa shape index (κ1) is 18.5. The van der Waals surface area contributed by atoms with Crippen molar-refractivity contribution in [1.29, 1.82) is 0 Å². The molecule has 0 spiro atoms. The van der Waals surface area contributed by atoms with Crippen LogP contribution in [0.15, 0.2) is 38.4 Å². The van der Waals surface area contributed by atoms with Gasteiger partial charge in [0.15, 0.2) is 0 Å². The van der Waals surface area contributed by atoms with Gasteiger partial charge in [-0.2, -0.15) is 4.98 Å². The third kappa shape index (κ3) is 3.88. The monoisotopic (exact) mass is 423 g/mol. The van der Waals surface area contributed by atoms with E-state index in [2.05, 4.69) is 14.9 Å². The first-order valence-corrected chi connectivity index (χ1v) is 11.4. The highest BCUT2D eigenvalue weighted by Gasteiger charge is 2.24. The molecule has 6 nitrogen and oxygen atoms in total. The van der Waals surface area contributed by atoms with E-state index in [1.807, 2.05) is 0 Å². The minimum Gasteiger partial charge on any atom is -0.339 e. The molecule has 0 amide bonds. The standard InChI is InChI=1S/C18H18ClN3O3S2/c1-11-8-14(19)6-7-15(11)22-27(23,24)16-9-13(10-26-16)17-20-18(25-21-17)12-4-2-3-5-12/h6-10,12,22H,2-5H2,1H3. The molecule has 0 saturated heterocycles. The number of aromatic nitrogens is 2. The van der Waals surface area contributed by atoms with E-state index in [0.29, 0.717) is 33.9 Å². The van der Waals surface area contributed by atoms with Gasteiger partial charge in [-0.15, -0.1) is 11.3 Å². The summed E-state index contributed by atoms with van der Waals surface area (Å²) in [4.78, 5) is 4.46. The van der Waals surface area contributed by atoms with Crippen LogP contribution in [0.4, 0.5) is 5.69 Å². The molecule has 2 aromatic heterocycles. The van der Waals surface area contributed by atoms with Gasteiger partial charge < -0.3 is 4.52 Å². The van der Waals surface area contributed by atoms with Crippen molar-refractivity contribution in [1.82, 2.24) is 10.1 Å². The van der Waals surface area contributed by atoms with Crippen molar-refractivity contribution in [3.8, 4) is 11.4 Å². The second-order valence-corrected chi connectivity index (χ2v) is 9.91. The molecule has 1 fully saturated rings. The molecular weight excluding hydrogens is 406 g/mol. The molecule has 0 radical (unpaired) electrons. The van der Waals surface area contributed by atoms with Gasteiger partial charge in [0.1, 0.15) is 4.21 Å². The van der Waals surface area contributed by atoms with Crippen LogP contribution in [0.2, 0.25) is 5.02 Å². The predicted molar refractivity (Wildman–Crippen MR) is 106 cm³/mol. The summed E-state index contributed by atoms with van der Waals surface area (Å²) in [6.45, 7) is 1.80. The number of anilines is 1. The van der Waals surface area contributed by atoms with Crippen molar-refractivity contribution in [3.05, 3.63) is 46.1 Å². The summed E-state index contributed by atoms with van der Waals surface area (Å²) in [7, 11) is -3.71. The number of hydrogen-bond donors (Lipinski definition) is 1. The summed E-state index contributed by atoms with van der Waals surface area (Å²) in [5.41, 5.74) is 1.89. The topological polar surface area (TPSA) is 85.1 Å². The third-order valence-corrected chi connectivity index (χ3v) is 7.72. The van der Waals surface area contributed by atoms with E-state index < -0.39 is 10.0 Å². The summed E-state index contributed by atoms with van der Waals surface area (Å²) in [6, 6.07) is 6.58. The van der Waals surface area contributed by atoms with Gasteiger partial charge in [-0.1, -0.05) is 29.6 Å². The van der Waals surface area contributed by atoms with Gasteiger partial charge in [-0.3, -0.25) is 4.72 Å². The molecular formula is C18H18ClN3O3S2. The normalized spacial score (nSPS) is 15.3. The molecule has 0 bridgehead atoms. The number of nitrogens with one attached hydrogen (secondary N) is 1. The number of halogens is 1. The Balaban J connectivity index is 1.56. The van der Waals surface area contributed by atoms with Crippen LogP contribution in [0, 0.1) is 6.92 Å². The lowest BCUT2D eigenvalue weighted by atomic mass is 10.1. The summed E-state index contributed by atoms with van der Waals surface area (Å²) in [6.07, 6.45) is 4.49. The van der Waals surface area contributed by atoms with E-state index in [9.17, 15) is 8.42 Å². The summed E-state index contributed by atoms with van der Waals surface area (Å²) >= 11 is 7.05. The number of nitrogens with zero attached hydrogens (tertiary/aromatic N) is 2. The highest BCUT2D eigenvalue weighted by Crippen LogP contribution is 2.35. The van der Waals surface area contributed by atoms with Crippen LogP contribution in [0.5, 0.6) is 0 Å². The second kappa shape index (κ2) is 7.26. The van der Waals surface area contributed by atoms with Gasteiger partial charge in [0.25, 0.3) is 10.0 Å². The average Bonchev–Trinajstić information content (AvgIpc) is 3.37. The maximum atomic E-state index is 12.7. The maximum Gasteiger partial charge on any atom is 0.271 e. The molecule has 0 unspecified atom stereocenters. The zero-order chi connectivity index (χ0) is 19.0. The number of thiophene rings is 1. The largest absolute Gasteiger partial charge is 0.339 e. The fourth-order valence-electron chi connectivity index (χ4n) is 3.20. The number of benzene rings is 1. The van der Waals surface area contributed by atoms with Gasteiger partial charge in [0.2, 0.25) is 11.7 Å². The van der Waals surface area contributed by atoms with Gasteiger partial charge >= 0.3 is 0 Å². The number of aryl methyl sites for hydroxylation is 1. The molecule has 1 aromatic carbocycles. The molecule has 0 aliphatic heterocycles. The van der Waals surface area contributed by atoms with Crippen molar-refractivity contribution < 1.29 is 12.9 Å². The molecule has 3 aromatic rings. The maximum absolute atomic E-state index is 12.7. The quantitative estimate of drug-likeness (QED) is 0.608. The van der Waals surface area contributed by atoms with Crippen molar-refractivity contribution in [2.24, 2.45) is 0 Å². The third-order valence-electron chi connectivity index (χ3n) is 4.68. The number of hydrogen-bond acceptors (Lipinski definition) is 6. The zero-order valence-electron chi connectivity index (χ0n) is 14.6. The summed E-state index contributed by atoms with van der Waals surface area (Å²) < 4.78 is 33.6. The van der Waals surface area contributed by atoms with Crippen LogP contribution in [0.25, 0.3) is 11.4 Å². The molecule has 142 valence electrons. The lowest BCUT2D eigenvalue weighted by Gasteiger charge is -2.09. The summed E-state index contributed by atoms with van der Waals surface area (Å²) in [5.74, 6) is 1.40. The first-order chi connectivity index (χ1) is 12.9.